The van der Waals surface area contributed by atoms with E-state index >= 15 is 0 Å². The van der Waals surface area contributed by atoms with Crippen LogP contribution in [0, 0.1) is 0 Å². The molecular formula is C22H45K. The summed E-state index contributed by atoms with van der Waals surface area (Å²) in [5.74, 6) is 0. The van der Waals surface area contributed by atoms with E-state index in [2.05, 4.69) is 6.92 Å². The average Bonchev–Trinajstić information content (AvgIpc) is 2.57. The summed E-state index contributed by atoms with van der Waals surface area (Å²) in [7, 11) is 0. The number of hydrogen-bond acceptors (Lipinski definition) is 0. The van der Waals surface area contributed by atoms with Crippen molar-refractivity contribution in [1.29, 1.82) is 0 Å². The minimum absolute atomic E-state index is 1.10. The summed E-state index contributed by atoms with van der Waals surface area (Å²) in [6, 6.07) is 0. The van der Waals surface area contributed by atoms with Gasteiger partial charge >= 0.3 is 120 Å². The van der Waals surface area contributed by atoms with Crippen LogP contribution < -0.4 is 0 Å². The molecule has 0 N–H and O–H groups in total. The zero-order chi connectivity index (χ0) is 16.8. The summed E-state index contributed by atoms with van der Waals surface area (Å²) in [5, 5.41) is 0. The van der Waals surface area contributed by atoms with Crippen LogP contribution in [0.25, 0.3) is 0 Å². The summed E-state index contributed by atoms with van der Waals surface area (Å²) >= 11 is 1.10. The normalized spacial score (nSPS) is 11.3. The van der Waals surface area contributed by atoms with Crippen molar-refractivity contribution in [2.24, 2.45) is 0 Å². The van der Waals surface area contributed by atoms with Crippen molar-refractivity contribution >= 4 is 49.0 Å². The molecule has 0 aromatic heterocycles. The first kappa shape index (κ1) is 24.6. The van der Waals surface area contributed by atoms with Crippen molar-refractivity contribution < 1.29 is 0 Å². The van der Waals surface area contributed by atoms with Crippen LogP contribution in [0.5, 0.6) is 0 Å². The Bertz CT molecular complexity index is 170. The van der Waals surface area contributed by atoms with Gasteiger partial charge in [-0.1, -0.05) is 64.7 Å². The van der Waals surface area contributed by atoms with Crippen molar-refractivity contribution in [1.82, 2.24) is 0 Å². The van der Waals surface area contributed by atoms with E-state index in [0.29, 0.717) is 0 Å². The van der Waals surface area contributed by atoms with Crippen LogP contribution in [0.1, 0.15) is 135 Å². The molecule has 1 heteroatoms. The van der Waals surface area contributed by atoms with Crippen LogP contribution in [0.15, 0.2) is 0 Å². The second-order valence-electron chi connectivity index (χ2n) is 7.72. The molecule has 0 saturated carbocycles. The summed E-state index contributed by atoms with van der Waals surface area (Å²) in [5.41, 5.74) is 0. The van der Waals surface area contributed by atoms with Gasteiger partial charge in [-0.25, -0.2) is 0 Å². The SMILES string of the molecule is CCCCCCCCCCCCCCCCCCCCC[CH2][K]. The topological polar surface area (TPSA) is 0 Å². The van der Waals surface area contributed by atoms with Gasteiger partial charge in [-0.15, -0.1) is 0 Å². The van der Waals surface area contributed by atoms with Gasteiger partial charge in [0.05, 0.1) is 0 Å². The van der Waals surface area contributed by atoms with Crippen molar-refractivity contribution in [3.05, 3.63) is 0 Å². The molecule has 0 spiro atoms. The third kappa shape index (κ3) is 23.6. The fraction of sp³-hybridized carbons (Fsp3) is 1.00. The molecule has 0 aromatic carbocycles. The van der Waals surface area contributed by atoms with Gasteiger partial charge in [-0.3, -0.25) is 0 Å². The Morgan fingerprint density at radius 2 is 0.565 bits per heavy atom. The Labute approximate surface area is 182 Å². The Morgan fingerprint density at radius 1 is 0.348 bits per heavy atom. The van der Waals surface area contributed by atoms with Crippen molar-refractivity contribution in [2.45, 2.75) is 136 Å². The molecule has 0 rings (SSSR count). The molecule has 0 aromatic rings. The van der Waals surface area contributed by atoms with E-state index in [1.165, 1.54) is 128 Å². The molecule has 0 amide bonds. The molecule has 0 atom stereocenters. The summed E-state index contributed by atoms with van der Waals surface area (Å²) in [6.45, 7) is 2.30. The van der Waals surface area contributed by atoms with Crippen LogP contribution in [0.4, 0.5) is 0 Å². The quantitative estimate of drug-likeness (QED) is 0.153. The average molecular weight is 349 g/mol. The van der Waals surface area contributed by atoms with Gasteiger partial charge < -0.3 is 0 Å². The van der Waals surface area contributed by atoms with Crippen molar-refractivity contribution in [3.8, 4) is 0 Å². The number of unbranched alkanes of at least 4 members (excludes halogenated alkanes) is 19. The summed E-state index contributed by atoms with van der Waals surface area (Å²) in [4.78, 5) is 0. The second-order valence-corrected chi connectivity index (χ2v) is 9.28. The van der Waals surface area contributed by atoms with E-state index in [-0.39, 0.29) is 0 Å². The molecule has 0 fully saturated rings. The zero-order valence-electron chi connectivity index (χ0n) is 16.8. The molecule has 0 saturated heterocycles. The monoisotopic (exact) mass is 348 g/mol. The van der Waals surface area contributed by atoms with Crippen LogP contribution in [0.3, 0.4) is 0 Å². The van der Waals surface area contributed by atoms with E-state index in [1.807, 2.05) is 0 Å². The van der Waals surface area contributed by atoms with E-state index in [4.69, 9.17) is 0 Å². The number of hydrogen-bond donors (Lipinski definition) is 0. The first-order chi connectivity index (χ1) is 11.4. The van der Waals surface area contributed by atoms with E-state index in [9.17, 15) is 0 Å². The van der Waals surface area contributed by atoms with Gasteiger partial charge in [0.25, 0.3) is 0 Å². The Balaban J connectivity index is 2.92. The van der Waals surface area contributed by atoms with Gasteiger partial charge in [0, 0.05) is 0 Å². The molecule has 134 valence electrons. The van der Waals surface area contributed by atoms with Crippen molar-refractivity contribution in [2.75, 3.05) is 0 Å². The minimum atomic E-state index is 1.10. The van der Waals surface area contributed by atoms with Crippen LogP contribution in [-0.4, -0.2) is 49.0 Å². The van der Waals surface area contributed by atoms with E-state index < -0.39 is 0 Å². The van der Waals surface area contributed by atoms with Crippen LogP contribution >= 0.6 is 0 Å². The third-order valence-corrected chi connectivity index (χ3v) is 6.31. The number of rotatable bonds is 20. The molecule has 0 aliphatic carbocycles. The van der Waals surface area contributed by atoms with E-state index in [0.717, 1.165) is 49.0 Å². The summed E-state index contributed by atoms with van der Waals surface area (Å²) in [6.07, 6.45) is 29.8. The first-order valence-corrected chi connectivity index (χ1v) is 13.6. The fourth-order valence-electron chi connectivity index (χ4n) is 3.51. The van der Waals surface area contributed by atoms with Crippen molar-refractivity contribution in [3.63, 3.8) is 0 Å². The first-order valence-electron chi connectivity index (χ1n) is 11.4. The van der Waals surface area contributed by atoms with Crippen LogP contribution in [0.2, 0.25) is 0.515 Å². The Morgan fingerprint density at radius 3 is 0.783 bits per heavy atom. The predicted molar refractivity (Wildman–Crippen MR) is 109 cm³/mol. The maximum atomic E-state index is 2.30. The molecule has 0 radical (unpaired) electrons. The second kappa shape index (κ2) is 23.6. The van der Waals surface area contributed by atoms with Crippen LogP contribution in [-0.2, 0) is 0 Å². The molecule has 0 nitrogen and oxygen atoms in total. The summed E-state index contributed by atoms with van der Waals surface area (Å²) < 4.78 is 1.56. The van der Waals surface area contributed by atoms with Gasteiger partial charge in [0.2, 0.25) is 0 Å². The Hall–Kier alpha value is 1.64. The molecule has 23 heavy (non-hydrogen) atoms. The molecule has 0 unspecified atom stereocenters. The molecule has 0 aliphatic rings. The third-order valence-electron chi connectivity index (χ3n) is 5.21. The van der Waals surface area contributed by atoms with E-state index in [1.54, 1.807) is 0.515 Å². The van der Waals surface area contributed by atoms with Gasteiger partial charge in [0.1, 0.15) is 0 Å². The standard InChI is InChI=1S/C22H45.K/c1-3-5-7-9-11-13-15-17-19-21-22-20-18-16-14-12-10-8-6-4-2;/h1,3-22H2,2H3;. The zero-order valence-corrected chi connectivity index (χ0v) is 20.0. The van der Waals surface area contributed by atoms with Gasteiger partial charge in [-0.2, -0.15) is 0 Å². The maximum absolute atomic E-state index is 2.30. The van der Waals surface area contributed by atoms with Gasteiger partial charge in [-0.05, 0) is 0 Å². The molecule has 0 aliphatic heterocycles. The van der Waals surface area contributed by atoms with Gasteiger partial charge in [0.15, 0.2) is 0 Å². The fourth-order valence-corrected chi connectivity index (χ4v) is 4.29. The Kier molecular flexibility index (Phi) is 25.3. The predicted octanol–water partition coefficient (Wildman–Crippen LogP) is 8.40. The molecule has 0 heterocycles. The molecular weight excluding hydrogens is 303 g/mol. The molecule has 0 bridgehead atoms.